The fourth-order valence-electron chi connectivity index (χ4n) is 2.96. The van der Waals surface area contributed by atoms with Gasteiger partial charge >= 0.3 is 18.3 Å². The van der Waals surface area contributed by atoms with Crippen LogP contribution in [0.25, 0.3) is 0 Å². The highest BCUT2D eigenvalue weighted by molar-refractivity contribution is 5.76. The first-order chi connectivity index (χ1) is 10.5. The zero-order valence-corrected chi connectivity index (χ0v) is 13.9. The van der Waals surface area contributed by atoms with Gasteiger partial charge in [0.1, 0.15) is 5.60 Å². The van der Waals surface area contributed by atoms with Crippen molar-refractivity contribution in [3.63, 3.8) is 0 Å². The lowest BCUT2D eigenvalue weighted by Crippen LogP contribution is -2.66. The van der Waals surface area contributed by atoms with Crippen LogP contribution < -0.4 is 0 Å². The molecule has 1 aliphatic rings. The summed E-state index contributed by atoms with van der Waals surface area (Å²) < 4.78 is 83.8. The number of alkyl halides is 6. The zero-order chi connectivity index (χ0) is 19.2. The van der Waals surface area contributed by atoms with E-state index in [0.717, 1.165) is 6.92 Å². The van der Waals surface area contributed by atoms with Crippen molar-refractivity contribution in [3.05, 3.63) is 0 Å². The molecule has 0 heterocycles. The number of rotatable bonds is 4. The Kier molecular flexibility index (Phi) is 5.32. The van der Waals surface area contributed by atoms with Crippen molar-refractivity contribution in [3.8, 4) is 0 Å². The van der Waals surface area contributed by atoms with E-state index in [1.165, 1.54) is 13.8 Å². The van der Waals surface area contributed by atoms with E-state index < -0.39 is 47.3 Å². The van der Waals surface area contributed by atoms with Crippen LogP contribution in [0.3, 0.4) is 0 Å². The minimum absolute atomic E-state index is 0.0184. The summed E-state index contributed by atoms with van der Waals surface area (Å²) in [4.78, 5) is 12.2. The first kappa shape index (κ1) is 21.1. The molecule has 2 unspecified atom stereocenters. The molecular weight excluding hydrogens is 342 g/mol. The number of esters is 1. The van der Waals surface area contributed by atoms with Crippen molar-refractivity contribution >= 4 is 5.97 Å². The van der Waals surface area contributed by atoms with Gasteiger partial charge in [0.15, 0.2) is 0 Å². The lowest BCUT2D eigenvalue weighted by molar-refractivity contribution is -0.394. The van der Waals surface area contributed by atoms with Gasteiger partial charge in [-0.2, -0.15) is 26.3 Å². The minimum atomic E-state index is -5.94. The Morgan fingerprint density at radius 2 is 1.62 bits per heavy atom. The van der Waals surface area contributed by atoms with Gasteiger partial charge in [-0.1, -0.05) is 6.92 Å². The van der Waals surface area contributed by atoms with Gasteiger partial charge in [-0.05, 0) is 46.5 Å². The molecular formula is C15H22F6O3. The van der Waals surface area contributed by atoms with Crippen LogP contribution in [-0.4, -0.2) is 34.6 Å². The number of hydrogen-bond donors (Lipinski definition) is 1. The Morgan fingerprint density at radius 3 is 2.00 bits per heavy atom. The van der Waals surface area contributed by atoms with Gasteiger partial charge < -0.3 is 9.84 Å². The van der Waals surface area contributed by atoms with E-state index in [1.807, 2.05) is 0 Å². The Labute approximate surface area is 136 Å². The second-order valence-corrected chi connectivity index (χ2v) is 7.15. The van der Waals surface area contributed by atoms with E-state index >= 15 is 0 Å². The van der Waals surface area contributed by atoms with Crippen LogP contribution in [0.15, 0.2) is 0 Å². The maximum atomic E-state index is 13.1. The van der Waals surface area contributed by atoms with E-state index in [1.54, 1.807) is 6.92 Å². The third-order valence-electron chi connectivity index (χ3n) is 5.03. The number of carbonyl (C=O) groups is 1. The van der Waals surface area contributed by atoms with Gasteiger partial charge in [-0.25, -0.2) is 0 Å². The van der Waals surface area contributed by atoms with Crippen LogP contribution >= 0.6 is 0 Å². The predicted octanol–water partition coefficient (Wildman–Crippen LogP) is 4.38. The first-order valence-corrected chi connectivity index (χ1v) is 7.62. The molecule has 24 heavy (non-hydrogen) atoms. The van der Waals surface area contributed by atoms with Gasteiger partial charge in [-0.15, -0.1) is 0 Å². The fraction of sp³-hybridized carbons (Fsp3) is 0.933. The molecule has 0 spiro atoms. The van der Waals surface area contributed by atoms with Crippen molar-refractivity contribution in [2.24, 2.45) is 11.3 Å². The van der Waals surface area contributed by atoms with Gasteiger partial charge in [0, 0.05) is 5.92 Å². The number of carbonyl (C=O) groups excluding carboxylic acids is 1. The van der Waals surface area contributed by atoms with E-state index in [-0.39, 0.29) is 12.8 Å². The second kappa shape index (κ2) is 6.07. The van der Waals surface area contributed by atoms with E-state index in [2.05, 4.69) is 0 Å². The molecule has 0 saturated heterocycles. The minimum Gasteiger partial charge on any atom is -0.459 e. The molecule has 1 saturated carbocycles. The van der Waals surface area contributed by atoms with Crippen molar-refractivity contribution in [2.75, 3.05) is 0 Å². The fourth-order valence-corrected chi connectivity index (χ4v) is 2.96. The summed E-state index contributed by atoms with van der Waals surface area (Å²) in [5.41, 5.74) is -8.03. The van der Waals surface area contributed by atoms with Crippen LogP contribution in [0, 0.1) is 11.3 Å². The number of ether oxygens (including phenoxy) is 1. The maximum absolute atomic E-state index is 13.1. The van der Waals surface area contributed by atoms with Gasteiger partial charge in [0.2, 0.25) is 0 Å². The summed E-state index contributed by atoms with van der Waals surface area (Å²) in [6, 6.07) is 0. The van der Waals surface area contributed by atoms with E-state index in [4.69, 9.17) is 4.74 Å². The summed E-state index contributed by atoms with van der Waals surface area (Å²) in [6.45, 7) is 5.65. The molecule has 1 aliphatic carbocycles. The van der Waals surface area contributed by atoms with Crippen molar-refractivity contribution < 1.29 is 41.0 Å². The highest BCUT2D eigenvalue weighted by atomic mass is 19.4. The topological polar surface area (TPSA) is 46.5 Å². The summed E-state index contributed by atoms with van der Waals surface area (Å²) in [6.07, 6.45) is -12.3. The molecule has 0 aliphatic heterocycles. The molecule has 0 bridgehead atoms. The maximum Gasteiger partial charge on any atom is 0.426 e. The molecule has 0 aromatic carbocycles. The molecule has 142 valence electrons. The lowest BCUT2D eigenvalue weighted by Gasteiger charge is -2.44. The first-order valence-electron chi connectivity index (χ1n) is 7.62. The highest BCUT2D eigenvalue weighted by Crippen LogP contribution is 2.56. The van der Waals surface area contributed by atoms with E-state index in [9.17, 15) is 36.2 Å². The van der Waals surface area contributed by atoms with Crippen molar-refractivity contribution in [1.82, 2.24) is 0 Å². The number of halogens is 6. The van der Waals surface area contributed by atoms with Crippen molar-refractivity contribution in [2.45, 2.75) is 76.9 Å². The molecule has 3 nitrogen and oxygen atoms in total. The molecule has 0 aromatic heterocycles. The summed E-state index contributed by atoms with van der Waals surface area (Å²) in [5, 5.41) is 9.65. The molecule has 1 rings (SSSR count). The number of hydrogen-bond acceptors (Lipinski definition) is 3. The molecule has 1 N–H and O–H groups in total. The Balaban J connectivity index is 3.29. The normalized spacial score (nSPS) is 26.5. The molecule has 9 heteroatoms. The second-order valence-electron chi connectivity index (χ2n) is 7.15. The third kappa shape index (κ3) is 3.36. The van der Waals surface area contributed by atoms with Crippen LogP contribution in [0.2, 0.25) is 0 Å². The summed E-state index contributed by atoms with van der Waals surface area (Å²) >= 11 is 0. The quantitative estimate of drug-likeness (QED) is 0.595. The van der Waals surface area contributed by atoms with Crippen molar-refractivity contribution in [1.29, 1.82) is 0 Å². The van der Waals surface area contributed by atoms with Crippen LogP contribution in [0.4, 0.5) is 26.3 Å². The average Bonchev–Trinajstić information content (AvgIpc) is 2.76. The van der Waals surface area contributed by atoms with E-state index in [0.29, 0.717) is 6.42 Å². The van der Waals surface area contributed by atoms with Gasteiger partial charge in [0.05, 0.1) is 5.41 Å². The standard InChI is InChI=1S/C15H22F6O3/c1-5-11(2,3)10(22)24-12(4)8-6-7-9(12)13(23,14(16,17)18)15(19,20)21/h9,23H,5-8H2,1-4H3. The SMILES string of the molecule is CCC(C)(C)C(=O)OC1(C)CCCC1C(O)(C(F)(F)F)C(F)(F)F. The summed E-state index contributed by atoms with van der Waals surface area (Å²) in [7, 11) is 0. The van der Waals surface area contributed by atoms with Crippen LogP contribution in [0.5, 0.6) is 0 Å². The Hall–Kier alpha value is -0.990. The largest absolute Gasteiger partial charge is 0.459 e. The van der Waals surface area contributed by atoms with Gasteiger partial charge in [-0.3, -0.25) is 4.79 Å². The molecule has 0 amide bonds. The lowest BCUT2D eigenvalue weighted by atomic mass is 9.76. The summed E-state index contributed by atoms with van der Waals surface area (Å²) in [5.74, 6) is -3.20. The van der Waals surface area contributed by atoms with Crippen LogP contribution in [0.1, 0.15) is 53.4 Å². The van der Waals surface area contributed by atoms with Gasteiger partial charge in [0.25, 0.3) is 5.60 Å². The average molecular weight is 364 g/mol. The Morgan fingerprint density at radius 1 is 1.17 bits per heavy atom. The number of aliphatic hydroxyl groups is 1. The molecule has 2 atom stereocenters. The molecule has 0 radical (unpaired) electrons. The zero-order valence-electron chi connectivity index (χ0n) is 13.9. The monoisotopic (exact) mass is 364 g/mol. The molecule has 0 aromatic rings. The van der Waals surface area contributed by atoms with Crippen LogP contribution in [-0.2, 0) is 9.53 Å². The molecule has 1 fully saturated rings. The predicted molar refractivity (Wildman–Crippen MR) is 73.0 cm³/mol. The highest BCUT2D eigenvalue weighted by Gasteiger charge is 2.77. The third-order valence-corrected chi connectivity index (χ3v) is 5.03. The Bertz CT molecular complexity index is 469. The smallest absolute Gasteiger partial charge is 0.426 e.